The van der Waals surface area contributed by atoms with E-state index in [2.05, 4.69) is 5.32 Å². The molecule has 5 heteroatoms. The number of carboxylic acid groups (broad SMARTS) is 1. The third-order valence-corrected chi connectivity index (χ3v) is 2.35. The highest BCUT2D eigenvalue weighted by Gasteiger charge is 2.31. The van der Waals surface area contributed by atoms with E-state index in [4.69, 9.17) is 5.11 Å². The highest BCUT2D eigenvalue weighted by atomic mass is 16.4. The zero-order chi connectivity index (χ0) is 10.6. The second kappa shape index (κ2) is 4.83. The average Bonchev–Trinajstić information content (AvgIpc) is 2.44. The molecule has 2 N–H and O–H groups in total. The molecule has 1 fully saturated rings. The van der Waals surface area contributed by atoms with Crippen molar-refractivity contribution in [3.63, 3.8) is 0 Å². The van der Waals surface area contributed by atoms with Gasteiger partial charge in [0.05, 0.1) is 12.5 Å². The lowest BCUT2D eigenvalue weighted by Crippen LogP contribution is -2.36. The molecular formula is C9H16N2O3. The summed E-state index contributed by atoms with van der Waals surface area (Å²) in [7, 11) is 0. The van der Waals surface area contributed by atoms with E-state index in [0.717, 1.165) is 12.8 Å². The Morgan fingerprint density at radius 2 is 2.43 bits per heavy atom. The topological polar surface area (TPSA) is 69.6 Å². The molecule has 0 aromatic rings. The van der Waals surface area contributed by atoms with Crippen LogP contribution in [0.25, 0.3) is 0 Å². The number of amides is 2. The van der Waals surface area contributed by atoms with Crippen molar-refractivity contribution in [2.24, 2.45) is 0 Å². The van der Waals surface area contributed by atoms with E-state index < -0.39 is 5.97 Å². The predicted molar refractivity (Wildman–Crippen MR) is 51.1 cm³/mol. The van der Waals surface area contributed by atoms with Gasteiger partial charge in [-0.2, -0.15) is 0 Å². The van der Waals surface area contributed by atoms with Crippen molar-refractivity contribution in [2.75, 3.05) is 13.1 Å². The number of carbonyl (C=O) groups excluding carboxylic acids is 1. The van der Waals surface area contributed by atoms with Gasteiger partial charge in [-0.25, -0.2) is 4.79 Å². The van der Waals surface area contributed by atoms with Gasteiger partial charge < -0.3 is 15.3 Å². The molecule has 0 bridgehead atoms. The molecule has 1 aliphatic heterocycles. The minimum absolute atomic E-state index is 0.0302. The summed E-state index contributed by atoms with van der Waals surface area (Å²) >= 11 is 0. The maximum Gasteiger partial charge on any atom is 0.317 e. The number of hydrogen-bond acceptors (Lipinski definition) is 2. The van der Waals surface area contributed by atoms with E-state index in [1.165, 1.54) is 0 Å². The van der Waals surface area contributed by atoms with Gasteiger partial charge in [0.15, 0.2) is 0 Å². The van der Waals surface area contributed by atoms with Gasteiger partial charge in [-0.15, -0.1) is 0 Å². The fourth-order valence-electron chi connectivity index (χ4n) is 1.58. The van der Waals surface area contributed by atoms with Crippen molar-refractivity contribution in [3.05, 3.63) is 0 Å². The first kappa shape index (κ1) is 10.8. The molecule has 1 atom stereocenters. The predicted octanol–water partition coefficient (Wildman–Crippen LogP) is 0.655. The summed E-state index contributed by atoms with van der Waals surface area (Å²) in [5.74, 6) is -0.854. The fraction of sp³-hybridized carbons (Fsp3) is 0.778. The molecule has 0 saturated carbocycles. The van der Waals surface area contributed by atoms with Gasteiger partial charge in [0.2, 0.25) is 0 Å². The standard InChI is InChI=1S/C9H16N2O3/c1-2-3-4-11-7(5-8(12)13)6-10-9(11)14/h7H,2-6H2,1H3,(H,10,14)(H,12,13). The summed E-state index contributed by atoms with van der Waals surface area (Å²) in [5, 5.41) is 11.3. The van der Waals surface area contributed by atoms with E-state index in [9.17, 15) is 9.59 Å². The lowest BCUT2D eigenvalue weighted by Gasteiger charge is -2.21. The van der Waals surface area contributed by atoms with Crippen molar-refractivity contribution in [1.29, 1.82) is 0 Å². The van der Waals surface area contributed by atoms with Crippen molar-refractivity contribution in [3.8, 4) is 0 Å². The first-order valence-corrected chi connectivity index (χ1v) is 4.91. The number of nitrogens with zero attached hydrogens (tertiary/aromatic N) is 1. The van der Waals surface area contributed by atoms with E-state index >= 15 is 0 Å². The van der Waals surface area contributed by atoms with E-state index in [0.29, 0.717) is 13.1 Å². The summed E-state index contributed by atoms with van der Waals surface area (Å²) in [6, 6.07) is -0.309. The Kier molecular flexibility index (Phi) is 3.73. The number of rotatable bonds is 5. The number of carboxylic acids is 1. The monoisotopic (exact) mass is 200 g/mol. The number of unbranched alkanes of at least 4 members (excludes halogenated alkanes) is 1. The SMILES string of the molecule is CCCCN1C(=O)NCC1CC(=O)O. The van der Waals surface area contributed by atoms with Crippen LogP contribution in [0.1, 0.15) is 26.2 Å². The molecule has 5 nitrogen and oxygen atoms in total. The minimum atomic E-state index is -0.854. The molecule has 0 radical (unpaired) electrons. The van der Waals surface area contributed by atoms with Crippen LogP contribution >= 0.6 is 0 Å². The van der Waals surface area contributed by atoms with Crippen molar-refractivity contribution < 1.29 is 14.7 Å². The van der Waals surface area contributed by atoms with Crippen LogP contribution in [0.5, 0.6) is 0 Å². The van der Waals surface area contributed by atoms with Gasteiger partial charge in [0.25, 0.3) is 0 Å². The number of carbonyl (C=O) groups is 2. The second-order valence-corrected chi connectivity index (χ2v) is 3.48. The van der Waals surface area contributed by atoms with E-state index in [1.807, 2.05) is 6.92 Å². The number of nitrogens with one attached hydrogen (secondary N) is 1. The van der Waals surface area contributed by atoms with Crippen molar-refractivity contribution in [1.82, 2.24) is 10.2 Å². The molecule has 0 aliphatic carbocycles. The Labute approximate surface area is 83.1 Å². The summed E-state index contributed by atoms with van der Waals surface area (Å²) < 4.78 is 0. The zero-order valence-corrected chi connectivity index (χ0v) is 8.32. The highest BCUT2D eigenvalue weighted by Crippen LogP contribution is 2.11. The third-order valence-electron chi connectivity index (χ3n) is 2.35. The number of hydrogen-bond donors (Lipinski definition) is 2. The molecule has 0 aromatic carbocycles. The Hall–Kier alpha value is -1.26. The third kappa shape index (κ3) is 2.61. The Bertz CT molecular complexity index is 230. The molecule has 1 aliphatic rings. The van der Waals surface area contributed by atoms with Crippen LogP contribution in [-0.2, 0) is 4.79 Å². The van der Waals surface area contributed by atoms with E-state index in [1.54, 1.807) is 4.90 Å². The molecular weight excluding hydrogens is 184 g/mol. The van der Waals surface area contributed by atoms with Crippen LogP contribution in [-0.4, -0.2) is 41.1 Å². The molecule has 1 rings (SSSR count). The lowest BCUT2D eigenvalue weighted by molar-refractivity contribution is -0.137. The van der Waals surface area contributed by atoms with Gasteiger partial charge in [0, 0.05) is 13.1 Å². The molecule has 2 amide bonds. The molecule has 1 unspecified atom stereocenters. The molecule has 80 valence electrons. The van der Waals surface area contributed by atoms with Crippen LogP contribution in [0.2, 0.25) is 0 Å². The van der Waals surface area contributed by atoms with Crippen LogP contribution in [0.15, 0.2) is 0 Å². The molecule has 0 spiro atoms. The first-order chi connectivity index (χ1) is 6.65. The highest BCUT2D eigenvalue weighted by molar-refractivity contribution is 5.78. The second-order valence-electron chi connectivity index (χ2n) is 3.48. The Balaban J connectivity index is 2.48. The largest absolute Gasteiger partial charge is 0.481 e. The Morgan fingerprint density at radius 1 is 1.71 bits per heavy atom. The van der Waals surface area contributed by atoms with Crippen molar-refractivity contribution in [2.45, 2.75) is 32.2 Å². The van der Waals surface area contributed by atoms with E-state index in [-0.39, 0.29) is 18.5 Å². The van der Waals surface area contributed by atoms with Gasteiger partial charge in [-0.05, 0) is 6.42 Å². The maximum atomic E-state index is 11.3. The first-order valence-electron chi connectivity index (χ1n) is 4.91. The number of aliphatic carboxylic acids is 1. The van der Waals surface area contributed by atoms with Gasteiger partial charge >= 0.3 is 12.0 Å². The summed E-state index contributed by atoms with van der Waals surface area (Å²) in [4.78, 5) is 23.4. The number of urea groups is 1. The molecule has 1 heterocycles. The fourth-order valence-corrected chi connectivity index (χ4v) is 1.58. The van der Waals surface area contributed by atoms with Crippen LogP contribution in [0, 0.1) is 0 Å². The normalized spacial score (nSPS) is 21.1. The van der Waals surface area contributed by atoms with Gasteiger partial charge in [-0.3, -0.25) is 4.79 Å². The van der Waals surface area contributed by atoms with Gasteiger partial charge in [-0.1, -0.05) is 13.3 Å². The summed E-state index contributed by atoms with van der Waals surface area (Å²) in [6.07, 6.45) is 1.95. The maximum absolute atomic E-state index is 11.3. The lowest BCUT2D eigenvalue weighted by atomic mass is 10.2. The molecule has 1 saturated heterocycles. The van der Waals surface area contributed by atoms with Gasteiger partial charge in [0.1, 0.15) is 0 Å². The average molecular weight is 200 g/mol. The summed E-state index contributed by atoms with van der Waals surface area (Å²) in [5.41, 5.74) is 0. The molecule has 14 heavy (non-hydrogen) atoms. The minimum Gasteiger partial charge on any atom is -0.481 e. The van der Waals surface area contributed by atoms with Crippen LogP contribution < -0.4 is 5.32 Å². The van der Waals surface area contributed by atoms with Crippen LogP contribution in [0.3, 0.4) is 0 Å². The van der Waals surface area contributed by atoms with Crippen molar-refractivity contribution >= 4 is 12.0 Å². The molecule has 0 aromatic heterocycles. The summed E-state index contributed by atoms with van der Waals surface area (Å²) in [6.45, 7) is 3.15. The zero-order valence-electron chi connectivity index (χ0n) is 8.32. The smallest absolute Gasteiger partial charge is 0.317 e. The Morgan fingerprint density at radius 3 is 3.00 bits per heavy atom. The van der Waals surface area contributed by atoms with Crippen LogP contribution in [0.4, 0.5) is 4.79 Å². The quantitative estimate of drug-likeness (QED) is 0.684.